The minimum Gasteiger partial charge on any atom is -0.395 e. The molecule has 0 spiro atoms. The number of nitrogens with one attached hydrogen (secondary N) is 2. The molecule has 0 atom stereocenters. The van der Waals surface area contributed by atoms with Crippen LogP contribution < -0.4 is 10.6 Å². The highest BCUT2D eigenvalue weighted by Crippen LogP contribution is 2.12. The fourth-order valence-electron chi connectivity index (χ4n) is 1.11. The van der Waals surface area contributed by atoms with Crippen LogP contribution in [0.25, 0.3) is 0 Å². The van der Waals surface area contributed by atoms with Crippen molar-refractivity contribution < 1.29 is 5.11 Å². The lowest BCUT2D eigenvalue weighted by Gasteiger charge is -2.06. The van der Waals surface area contributed by atoms with Crippen LogP contribution in [0, 0.1) is 0 Å². The van der Waals surface area contributed by atoms with Gasteiger partial charge in [-0.25, -0.2) is 0 Å². The minimum atomic E-state index is 0.162. The summed E-state index contributed by atoms with van der Waals surface area (Å²) in [6.45, 7) is 3.76. The van der Waals surface area contributed by atoms with E-state index in [-0.39, 0.29) is 6.61 Å². The molecule has 0 aromatic heterocycles. The Morgan fingerprint density at radius 3 is 2.08 bits per heavy atom. The highest BCUT2D eigenvalue weighted by Gasteiger charge is 1.91. The van der Waals surface area contributed by atoms with Crippen molar-refractivity contribution in [3.63, 3.8) is 0 Å². The van der Waals surface area contributed by atoms with E-state index in [0.717, 1.165) is 17.9 Å². The molecule has 0 saturated carbocycles. The zero-order chi connectivity index (χ0) is 9.52. The molecule has 0 aliphatic carbocycles. The van der Waals surface area contributed by atoms with Crippen LogP contribution in [0.2, 0.25) is 0 Å². The summed E-state index contributed by atoms with van der Waals surface area (Å²) in [5.74, 6) is 0. The Bertz CT molecular complexity index is 233. The normalized spacial score (nSPS) is 9.69. The maximum Gasteiger partial charge on any atom is 0.0604 e. The summed E-state index contributed by atoms with van der Waals surface area (Å²) in [5, 5.41) is 14.9. The molecule has 1 aromatic carbocycles. The van der Waals surface area contributed by atoms with Crippen LogP contribution in [-0.4, -0.2) is 24.8 Å². The third-order valence-electron chi connectivity index (χ3n) is 1.71. The summed E-state index contributed by atoms with van der Waals surface area (Å²) >= 11 is 0. The molecule has 0 bridgehead atoms. The molecule has 0 unspecified atom stereocenters. The molecule has 0 saturated heterocycles. The topological polar surface area (TPSA) is 44.3 Å². The van der Waals surface area contributed by atoms with E-state index in [1.54, 1.807) is 0 Å². The molecule has 0 radical (unpaired) electrons. The molecular weight excluding hydrogens is 164 g/mol. The van der Waals surface area contributed by atoms with Crippen molar-refractivity contribution in [2.24, 2.45) is 0 Å². The molecular formula is C10H16N2O. The fraction of sp³-hybridized carbons (Fsp3) is 0.400. The van der Waals surface area contributed by atoms with Crippen LogP contribution in [0.4, 0.5) is 11.4 Å². The Morgan fingerprint density at radius 1 is 1.08 bits per heavy atom. The molecule has 0 heterocycles. The van der Waals surface area contributed by atoms with Gasteiger partial charge in [0.05, 0.1) is 6.61 Å². The maximum atomic E-state index is 8.59. The van der Waals surface area contributed by atoms with Gasteiger partial charge in [-0.2, -0.15) is 0 Å². The maximum absolute atomic E-state index is 8.59. The van der Waals surface area contributed by atoms with Crippen molar-refractivity contribution in [2.45, 2.75) is 6.92 Å². The van der Waals surface area contributed by atoms with Gasteiger partial charge in [0.25, 0.3) is 0 Å². The first-order valence-electron chi connectivity index (χ1n) is 4.55. The second kappa shape index (κ2) is 5.43. The van der Waals surface area contributed by atoms with Crippen LogP contribution in [0.3, 0.4) is 0 Å². The standard InChI is InChI=1S/C10H16N2O/c1-2-11-9-3-5-10(6-4-9)12-7-8-13/h3-6,11-13H,2,7-8H2,1H3. The van der Waals surface area contributed by atoms with Crippen LogP contribution in [0.1, 0.15) is 6.92 Å². The first-order chi connectivity index (χ1) is 6.36. The minimum absolute atomic E-state index is 0.162. The quantitative estimate of drug-likeness (QED) is 0.643. The lowest BCUT2D eigenvalue weighted by Crippen LogP contribution is -2.05. The second-order valence-corrected chi connectivity index (χ2v) is 2.76. The smallest absolute Gasteiger partial charge is 0.0604 e. The number of hydrogen-bond acceptors (Lipinski definition) is 3. The first-order valence-corrected chi connectivity index (χ1v) is 4.55. The largest absolute Gasteiger partial charge is 0.395 e. The van der Waals surface area contributed by atoms with Crippen LogP contribution >= 0.6 is 0 Å². The van der Waals surface area contributed by atoms with E-state index in [2.05, 4.69) is 17.6 Å². The summed E-state index contributed by atoms with van der Waals surface area (Å²) < 4.78 is 0. The summed E-state index contributed by atoms with van der Waals surface area (Å²) in [4.78, 5) is 0. The molecule has 3 nitrogen and oxygen atoms in total. The van der Waals surface area contributed by atoms with Crippen molar-refractivity contribution >= 4 is 11.4 Å². The summed E-state index contributed by atoms with van der Waals surface area (Å²) in [6.07, 6.45) is 0. The Hall–Kier alpha value is -1.22. The molecule has 0 aliphatic rings. The van der Waals surface area contributed by atoms with Gasteiger partial charge in [0.2, 0.25) is 0 Å². The summed E-state index contributed by atoms with van der Waals surface area (Å²) in [6, 6.07) is 8.02. The van der Waals surface area contributed by atoms with Gasteiger partial charge in [0.1, 0.15) is 0 Å². The average Bonchev–Trinajstić information content (AvgIpc) is 2.17. The zero-order valence-electron chi connectivity index (χ0n) is 7.88. The molecule has 0 aliphatic heterocycles. The number of rotatable bonds is 5. The van der Waals surface area contributed by atoms with Gasteiger partial charge in [0, 0.05) is 24.5 Å². The van der Waals surface area contributed by atoms with Crippen molar-refractivity contribution in [1.29, 1.82) is 0 Å². The van der Waals surface area contributed by atoms with Gasteiger partial charge in [-0.05, 0) is 31.2 Å². The molecule has 3 N–H and O–H groups in total. The highest BCUT2D eigenvalue weighted by atomic mass is 16.3. The van der Waals surface area contributed by atoms with Gasteiger partial charge >= 0.3 is 0 Å². The number of benzene rings is 1. The van der Waals surface area contributed by atoms with Crippen molar-refractivity contribution in [2.75, 3.05) is 30.3 Å². The number of aliphatic hydroxyl groups excluding tert-OH is 1. The first kappa shape index (κ1) is 9.86. The molecule has 1 rings (SSSR count). The molecule has 13 heavy (non-hydrogen) atoms. The van der Waals surface area contributed by atoms with E-state index in [4.69, 9.17) is 5.11 Å². The van der Waals surface area contributed by atoms with Gasteiger partial charge in [0.15, 0.2) is 0 Å². The summed E-state index contributed by atoms with van der Waals surface area (Å²) in [5.41, 5.74) is 2.16. The predicted octanol–water partition coefficient (Wildman–Crippen LogP) is 1.52. The second-order valence-electron chi connectivity index (χ2n) is 2.76. The lowest BCUT2D eigenvalue weighted by molar-refractivity contribution is 0.311. The molecule has 0 amide bonds. The third-order valence-corrected chi connectivity index (χ3v) is 1.71. The third kappa shape index (κ3) is 3.34. The van der Waals surface area contributed by atoms with E-state index in [0.29, 0.717) is 6.54 Å². The SMILES string of the molecule is CCNc1ccc(NCCO)cc1. The predicted molar refractivity (Wildman–Crippen MR) is 56.2 cm³/mol. The summed E-state index contributed by atoms with van der Waals surface area (Å²) in [7, 11) is 0. The van der Waals surface area contributed by atoms with E-state index >= 15 is 0 Å². The highest BCUT2D eigenvalue weighted by molar-refractivity contribution is 5.53. The number of aliphatic hydroxyl groups is 1. The Morgan fingerprint density at radius 2 is 1.62 bits per heavy atom. The zero-order valence-corrected chi connectivity index (χ0v) is 7.88. The van der Waals surface area contributed by atoms with Crippen LogP contribution in [0.15, 0.2) is 24.3 Å². The molecule has 1 aromatic rings. The molecule has 3 heteroatoms. The Kier molecular flexibility index (Phi) is 4.12. The van der Waals surface area contributed by atoms with Crippen molar-refractivity contribution in [3.8, 4) is 0 Å². The van der Waals surface area contributed by atoms with E-state index in [1.165, 1.54) is 0 Å². The van der Waals surface area contributed by atoms with E-state index in [1.807, 2.05) is 24.3 Å². The van der Waals surface area contributed by atoms with E-state index in [9.17, 15) is 0 Å². The van der Waals surface area contributed by atoms with Crippen molar-refractivity contribution in [1.82, 2.24) is 0 Å². The van der Waals surface area contributed by atoms with Gasteiger partial charge < -0.3 is 15.7 Å². The average molecular weight is 180 g/mol. The number of hydrogen-bond donors (Lipinski definition) is 3. The molecule has 72 valence electrons. The van der Waals surface area contributed by atoms with Crippen LogP contribution in [-0.2, 0) is 0 Å². The Labute approximate surface area is 78.8 Å². The van der Waals surface area contributed by atoms with Crippen molar-refractivity contribution in [3.05, 3.63) is 24.3 Å². The monoisotopic (exact) mass is 180 g/mol. The molecule has 0 fully saturated rings. The Balaban J connectivity index is 2.48. The van der Waals surface area contributed by atoms with Gasteiger partial charge in [-0.3, -0.25) is 0 Å². The number of anilines is 2. The van der Waals surface area contributed by atoms with E-state index < -0.39 is 0 Å². The van der Waals surface area contributed by atoms with Gasteiger partial charge in [-0.15, -0.1) is 0 Å². The fourth-order valence-corrected chi connectivity index (χ4v) is 1.11. The van der Waals surface area contributed by atoms with Crippen LogP contribution in [0.5, 0.6) is 0 Å². The lowest BCUT2D eigenvalue weighted by atomic mass is 10.3. The van der Waals surface area contributed by atoms with Gasteiger partial charge in [-0.1, -0.05) is 0 Å².